The zero-order chi connectivity index (χ0) is 22.2. The van der Waals surface area contributed by atoms with Gasteiger partial charge in [-0.25, -0.2) is 4.98 Å². The van der Waals surface area contributed by atoms with E-state index in [1.165, 1.54) is 10.5 Å². The van der Waals surface area contributed by atoms with Crippen molar-refractivity contribution in [2.24, 2.45) is 0 Å². The van der Waals surface area contributed by atoms with Crippen molar-refractivity contribution >= 4 is 56.1 Å². The van der Waals surface area contributed by atoms with Crippen LogP contribution in [0.4, 0.5) is 5.13 Å². The van der Waals surface area contributed by atoms with Gasteiger partial charge in [-0.05, 0) is 50.5 Å². The van der Waals surface area contributed by atoms with E-state index in [-0.39, 0.29) is 5.91 Å². The third kappa shape index (κ3) is 6.48. The van der Waals surface area contributed by atoms with Crippen LogP contribution in [-0.4, -0.2) is 54.0 Å². The summed E-state index contributed by atoms with van der Waals surface area (Å²) in [5.41, 5.74) is 2.26. The second-order valence-corrected chi connectivity index (χ2v) is 10.3. The van der Waals surface area contributed by atoms with Crippen molar-refractivity contribution in [3.8, 4) is 0 Å². The van der Waals surface area contributed by atoms with E-state index in [9.17, 15) is 4.79 Å². The molecular weight excluding hydrogens is 442 g/mol. The zero-order valence-electron chi connectivity index (χ0n) is 18.8. The van der Waals surface area contributed by atoms with Gasteiger partial charge < -0.3 is 4.90 Å². The van der Waals surface area contributed by atoms with Gasteiger partial charge in [0.1, 0.15) is 0 Å². The lowest BCUT2D eigenvalue weighted by atomic mass is 10.2. The standard InChI is InChI=1S/C24H31N3OS3/c1-5-26(6-2)15-16-27(22(28)14-17-30-19-12-10-18(3)11-13-19)24-25-23-20(29-4)8-7-9-21(23)31-24/h7-13H,5-6,14-17H2,1-4H3. The molecule has 0 aliphatic carbocycles. The van der Waals surface area contributed by atoms with Gasteiger partial charge in [0, 0.05) is 35.1 Å². The predicted molar refractivity (Wildman–Crippen MR) is 138 cm³/mol. The molecule has 31 heavy (non-hydrogen) atoms. The Kier molecular flexibility index (Phi) is 9.26. The Morgan fingerprint density at radius 3 is 2.48 bits per heavy atom. The number of benzene rings is 2. The van der Waals surface area contributed by atoms with Crippen molar-refractivity contribution in [1.29, 1.82) is 0 Å². The SMILES string of the molecule is CCN(CC)CCN(C(=O)CCSc1ccc(C)cc1)c1nc2c(SC)cccc2s1. The highest BCUT2D eigenvalue weighted by atomic mass is 32.2. The molecule has 0 atom stereocenters. The summed E-state index contributed by atoms with van der Waals surface area (Å²) < 4.78 is 1.14. The van der Waals surface area contributed by atoms with Crippen LogP contribution >= 0.6 is 34.9 Å². The third-order valence-electron chi connectivity index (χ3n) is 5.26. The van der Waals surface area contributed by atoms with Crippen molar-refractivity contribution < 1.29 is 4.79 Å². The van der Waals surface area contributed by atoms with Crippen molar-refractivity contribution in [1.82, 2.24) is 9.88 Å². The number of carbonyl (C=O) groups is 1. The lowest BCUT2D eigenvalue weighted by Crippen LogP contribution is -2.39. The lowest BCUT2D eigenvalue weighted by Gasteiger charge is -2.24. The largest absolute Gasteiger partial charge is 0.302 e. The van der Waals surface area contributed by atoms with E-state index in [0.29, 0.717) is 13.0 Å². The van der Waals surface area contributed by atoms with E-state index < -0.39 is 0 Å². The van der Waals surface area contributed by atoms with Crippen LogP contribution in [0.25, 0.3) is 10.2 Å². The fourth-order valence-corrected chi connectivity index (χ4v) is 5.83. The minimum atomic E-state index is 0.150. The maximum Gasteiger partial charge on any atom is 0.229 e. The normalized spacial score (nSPS) is 11.4. The fraction of sp³-hybridized carbons (Fsp3) is 0.417. The van der Waals surface area contributed by atoms with Crippen molar-refractivity contribution in [2.45, 2.75) is 37.0 Å². The highest BCUT2D eigenvalue weighted by Gasteiger charge is 2.21. The number of carbonyl (C=O) groups excluding carboxylic acids is 1. The summed E-state index contributed by atoms with van der Waals surface area (Å²) in [6.45, 7) is 9.91. The first kappa shape index (κ1) is 24.1. The topological polar surface area (TPSA) is 36.4 Å². The maximum absolute atomic E-state index is 13.3. The molecule has 0 aliphatic heterocycles. The number of amides is 1. The number of hydrogen-bond donors (Lipinski definition) is 0. The summed E-state index contributed by atoms with van der Waals surface area (Å²) >= 11 is 5.05. The molecule has 4 nitrogen and oxygen atoms in total. The molecule has 0 bridgehead atoms. The Morgan fingerprint density at radius 2 is 1.81 bits per heavy atom. The molecule has 0 unspecified atom stereocenters. The van der Waals surface area contributed by atoms with Gasteiger partial charge in [-0.2, -0.15) is 0 Å². The van der Waals surface area contributed by atoms with Crippen LogP contribution in [0.2, 0.25) is 0 Å². The molecule has 7 heteroatoms. The van der Waals surface area contributed by atoms with Crippen molar-refractivity contribution in [3.63, 3.8) is 0 Å². The number of anilines is 1. The minimum Gasteiger partial charge on any atom is -0.302 e. The quantitative estimate of drug-likeness (QED) is 0.311. The van der Waals surface area contributed by atoms with Gasteiger partial charge in [0.2, 0.25) is 5.91 Å². The summed E-state index contributed by atoms with van der Waals surface area (Å²) in [5.74, 6) is 0.918. The summed E-state index contributed by atoms with van der Waals surface area (Å²) in [6.07, 6.45) is 2.57. The Morgan fingerprint density at radius 1 is 1.06 bits per heavy atom. The van der Waals surface area contributed by atoms with Crippen LogP contribution < -0.4 is 4.90 Å². The fourth-order valence-electron chi connectivity index (χ4n) is 3.33. The molecule has 3 aromatic rings. The van der Waals surface area contributed by atoms with Crippen LogP contribution in [0, 0.1) is 6.92 Å². The molecule has 0 saturated carbocycles. The second-order valence-electron chi connectivity index (χ2n) is 7.29. The van der Waals surface area contributed by atoms with E-state index in [1.54, 1.807) is 34.9 Å². The van der Waals surface area contributed by atoms with Gasteiger partial charge in [-0.1, -0.05) is 48.9 Å². The van der Waals surface area contributed by atoms with Crippen LogP contribution in [0.5, 0.6) is 0 Å². The number of fused-ring (bicyclic) bond motifs is 1. The highest BCUT2D eigenvalue weighted by Crippen LogP contribution is 2.34. The molecule has 0 aliphatic rings. The molecule has 2 aromatic carbocycles. The van der Waals surface area contributed by atoms with E-state index in [4.69, 9.17) is 4.98 Å². The zero-order valence-corrected chi connectivity index (χ0v) is 21.2. The van der Waals surface area contributed by atoms with Gasteiger partial charge in [0.05, 0.1) is 10.2 Å². The molecule has 166 valence electrons. The summed E-state index contributed by atoms with van der Waals surface area (Å²) in [6, 6.07) is 14.7. The molecule has 0 fully saturated rings. The first-order valence-electron chi connectivity index (χ1n) is 10.7. The van der Waals surface area contributed by atoms with Crippen molar-refractivity contribution in [2.75, 3.05) is 43.1 Å². The number of nitrogens with zero attached hydrogens (tertiary/aromatic N) is 3. The van der Waals surface area contributed by atoms with Crippen LogP contribution in [-0.2, 0) is 4.79 Å². The maximum atomic E-state index is 13.3. The monoisotopic (exact) mass is 473 g/mol. The van der Waals surface area contributed by atoms with Crippen LogP contribution in [0.15, 0.2) is 52.3 Å². The number of hydrogen-bond acceptors (Lipinski definition) is 6. The lowest BCUT2D eigenvalue weighted by molar-refractivity contribution is -0.118. The number of thioether (sulfide) groups is 2. The number of aromatic nitrogens is 1. The van der Waals surface area contributed by atoms with E-state index >= 15 is 0 Å². The van der Waals surface area contributed by atoms with Gasteiger partial charge >= 0.3 is 0 Å². The molecule has 1 heterocycles. The van der Waals surface area contributed by atoms with Crippen molar-refractivity contribution in [3.05, 3.63) is 48.0 Å². The number of para-hydroxylation sites is 1. The number of aryl methyl sites for hydroxylation is 1. The Balaban J connectivity index is 1.75. The summed E-state index contributed by atoms with van der Waals surface area (Å²) in [5, 5.41) is 0.814. The first-order chi connectivity index (χ1) is 15.0. The van der Waals surface area contributed by atoms with E-state index in [2.05, 4.69) is 74.4 Å². The Labute approximate surface area is 198 Å². The van der Waals surface area contributed by atoms with E-state index in [1.807, 2.05) is 4.90 Å². The van der Waals surface area contributed by atoms with Gasteiger partial charge in [0.25, 0.3) is 0 Å². The molecule has 0 radical (unpaired) electrons. The van der Waals surface area contributed by atoms with Gasteiger partial charge in [0.15, 0.2) is 5.13 Å². The first-order valence-corrected chi connectivity index (χ1v) is 13.7. The number of thiazole rings is 1. The molecule has 1 amide bonds. The minimum absolute atomic E-state index is 0.150. The average Bonchev–Trinajstić information content (AvgIpc) is 3.22. The average molecular weight is 474 g/mol. The summed E-state index contributed by atoms with van der Waals surface area (Å²) in [7, 11) is 0. The molecule has 3 rings (SSSR count). The smallest absolute Gasteiger partial charge is 0.229 e. The summed E-state index contributed by atoms with van der Waals surface area (Å²) in [4.78, 5) is 24.8. The van der Waals surface area contributed by atoms with Crippen LogP contribution in [0.3, 0.4) is 0 Å². The van der Waals surface area contributed by atoms with Crippen LogP contribution in [0.1, 0.15) is 25.8 Å². The Hall–Kier alpha value is -1.54. The predicted octanol–water partition coefficient (Wildman–Crippen LogP) is 6.18. The van der Waals surface area contributed by atoms with Gasteiger partial charge in [-0.3, -0.25) is 9.69 Å². The van der Waals surface area contributed by atoms with E-state index in [0.717, 1.165) is 45.6 Å². The van der Waals surface area contributed by atoms with Gasteiger partial charge in [-0.15, -0.1) is 23.5 Å². The molecule has 0 saturated heterocycles. The molecule has 0 N–H and O–H groups in total. The molecule has 0 spiro atoms. The Bertz CT molecular complexity index is 983. The number of likely N-dealkylation sites (N-methyl/N-ethyl adjacent to an activating group) is 1. The highest BCUT2D eigenvalue weighted by molar-refractivity contribution is 7.99. The molecular formula is C24H31N3OS3. The molecule has 1 aromatic heterocycles. The number of rotatable bonds is 11. The second kappa shape index (κ2) is 11.9. The third-order valence-corrected chi connectivity index (χ3v) is 8.09.